The molecule has 0 saturated carbocycles. The van der Waals surface area contributed by atoms with E-state index < -0.39 is 12.2 Å². The maximum atomic E-state index is 9.31. The highest BCUT2D eigenvalue weighted by Crippen LogP contribution is 2.16. The standard InChI is InChI=1S/C7H15BNO5/c10-6-3-5(14-4-7(6)11)1-2-9(13)8-12/h5-7,10-13H,1-4H2. The van der Waals surface area contributed by atoms with Gasteiger partial charge in [0.05, 0.1) is 18.8 Å². The molecule has 0 spiro atoms. The molecule has 1 fully saturated rings. The van der Waals surface area contributed by atoms with E-state index in [1.807, 2.05) is 0 Å². The molecule has 1 radical (unpaired) electrons. The molecule has 0 bridgehead atoms. The summed E-state index contributed by atoms with van der Waals surface area (Å²) in [5.74, 6) is 0. The van der Waals surface area contributed by atoms with Crippen LogP contribution >= 0.6 is 0 Å². The number of aliphatic hydroxyl groups is 2. The van der Waals surface area contributed by atoms with Gasteiger partial charge in [0.15, 0.2) is 0 Å². The van der Waals surface area contributed by atoms with Gasteiger partial charge in [0.2, 0.25) is 0 Å². The van der Waals surface area contributed by atoms with Crippen LogP contribution in [0.4, 0.5) is 0 Å². The zero-order valence-electron chi connectivity index (χ0n) is 7.78. The molecule has 0 aromatic heterocycles. The van der Waals surface area contributed by atoms with Crippen LogP contribution in [-0.2, 0) is 4.74 Å². The highest BCUT2D eigenvalue weighted by molar-refractivity contribution is 6.20. The predicted molar refractivity (Wildman–Crippen MR) is 47.5 cm³/mol. The lowest BCUT2D eigenvalue weighted by Crippen LogP contribution is -2.42. The Balaban J connectivity index is 2.20. The van der Waals surface area contributed by atoms with Crippen molar-refractivity contribution in [1.82, 2.24) is 4.97 Å². The molecule has 0 aromatic rings. The number of nitrogens with zero attached hydrogens (tertiary/aromatic N) is 1. The average Bonchev–Trinajstić information content (AvgIpc) is 2.19. The molecule has 1 aliphatic rings. The predicted octanol–water partition coefficient (Wildman–Crippen LogP) is -1.90. The van der Waals surface area contributed by atoms with E-state index in [2.05, 4.69) is 0 Å². The molecule has 1 saturated heterocycles. The summed E-state index contributed by atoms with van der Waals surface area (Å²) in [6, 6.07) is 0. The van der Waals surface area contributed by atoms with Gasteiger partial charge in [-0.25, -0.2) is 4.97 Å². The number of hydroxylamine groups is 1. The van der Waals surface area contributed by atoms with Crippen LogP contribution in [0.2, 0.25) is 0 Å². The Bertz CT molecular complexity index is 172. The van der Waals surface area contributed by atoms with E-state index in [0.29, 0.717) is 25.4 Å². The summed E-state index contributed by atoms with van der Waals surface area (Å²) < 4.78 is 5.21. The highest BCUT2D eigenvalue weighted by Gasteiger charge is 2.28. The van der Waals surface area contributed by atoms with E-state index >= 15 is 0 Å². The summed E-state index contributed by atoms with van der Waals surface area (Å²) in [6.45, 7) is 0.337. The molecule has 0 aliphatic carbocycles. The number of hydrogen-bond donors (Lipinski definition) is 4. The SMILES string of the molecule is O[B]N(O)CCC1CC(O)C(O)CO1. The zero-order chi connectivity index (χ0) is 10.6. The van der Waals surface area contributed by atoms with Gasteiger partial charge in [-0.1, -0.05) is 0 Å². The van der Waals surface area contributed by atoms with E-state index in [9.17, 15) is 5.11 Å². The first-order valence-corrected chi connectivity index (χ1v) is 4.54. The third-order valence-corrected chi connectivity index (χ3v) is 2.26. The molecule has 6 nitrogen and oxygen atoms in total. The fourth-order valence-corrected chi connectivity index (χ4v) is 1.38. The van der Waals surface area contributed by atoms with Crippen LogP contribution in [0.5, 0.6) is 0 Å². The normalized spacial score (nSPS) is 33.4. The zero-order valence-corrected chi connectivity index (χ0v) is 7.78. The molecule has 14 heavy (non-hydrogen) atoms. The smallest absolute Gasteiger partial charge is 0.422 e. The van der Waals surface area contributed by atoms with E-state index in [1.54, 1.807) is 0 Å². The monoisotopic (exact) mass is 204 g/mol. The molecule has 0 aromatic carbocycles. The molecular formula is C7H15BNO5. The van der Waals surface area contributed by atoms with Gasteiger partial charge in [-0.15, -0.1) is 0 Å². The molecule has 4 N–H and O–H groups in total. The molecule has 1 heterocycles. The minimum absolute atomic E-state index is 0.111. The van der Waals surface area contributed by atoms with Crippen LogP contribution in [0, 0.1) is 0 Å². The molecule has 3 unspecified atom stereocenters. The van der Waals surface area contributed by atoms with E-state index in [4.69, 9.17) is 20.1 Å². The van der Waals surface area contributed by atoms with Crippen molar-refractivity contribution in [3.8, 4) is 0 Å². The van der Waals surface area contributed by atoms with Crippen LogP contribution in [-0.4, -0.2) is 64.5 Å². The fourth-order valence-electron chi connectivity index (χ4n) is 1.38. The topological polar surface area (TPSA) is 93.4 Å². The average molecular weight is 204 g/mol. The van der Waals surface area contributed by atoms with Crippen LogP contribution in [0.15, 0.2) is 0 Å². The number of hydrogen-bond acceptors (Lipinski definition) is 6. The second kappa shape index (κ2) is 5.64. The molecule has 81 valence electrons. The summed E-state index contributed by atoms with van der Waals surface area (Å²) in [7, 11) is 0.564. The lowest BCUT2D eigenvalue weighted by Gasteiger charge is -2.30. The maximum Gasteiger partial charge on any atom is 0.422 e. The Hall–Kier alpha value is -0.175. The summed E-state index contributed by atoms with van der Waals surface area (Å²) in [4.78, 5) is 0.640. The van der Waals surface area contributed by atoms with Crippen LogP contribution in [0.25, 0.3) is 0 Å². The minimum atomic E-state index is -0.819. The van der Waals surface area contributed by atoms with E-state index in [1.165, 1.54) is 0 Å². The quantitative estimate of drug-likeness (QED) is 0.316. The molecule has 1 rings (SSSR count). The minimum Gasteiger partial charge on any atom is -0.439 e. The molecule has 1 aliphatic heterocycles. The fraction of sp³-hybridized carbons (Fsp3) is 1.00. The second-order valence-corrected chi connectivity index (χ2v) is 3.39. The lowest BCUT2D eigenvalue weighted by molar-refractivity contribution is -0.127. The number of rotatable bonds is 4. The Morgan fingerprint density at radius 3 is 2.64 bits per heavy atom. The first-order chi connectivity index (χ1) is 6.63. The first kappa shape index (κ1) is 11.9. The summed E-state index contributed by atoms with van der Waals surface area (Å²) in [5, 5.41) is 35.7. The van der Waals surface area contributed by atoms with Crippen molar-refractivity contribution >= 4 is 7.62 Å². The van der Waals surface area contributed by atoms with Gasteiger partial charge in [0.25, 0.3) is 0 Å². The van der Waals surface area contributed by atoms with Crippen molar-refractivity contribution in [3.05, 3.63) is 0 Å². The Morgan fingerprint density at radius 2 is 2.07 bits per heavy atom. The van der Waals surface area contributed by atoms with Gasteiger partial charge >= 0.3 is 7.62 Å². The Labute approximate surface area is 83.0 Å². The molecule has 3 atom stereocenters. The number of ether oxygens (including phenoxy) is 1. The van der Waals surface area contributed by atoms with Crippen molar-refractivity contribution < 1.29 is 25.2 Å². The molecular weight excluding hydrogens is 189 g/mol. The largest absolute Gasteiger partial charge is 0.439 e. The van der Waals surface area contributed by atoms with Gasteiger partial charge in [-0.3, -0.25) is 0 Å². The first-order valence-electron chi connectivity index (χ1n) is 4.54. The van der Waals surface area contributed by atoms with Crippen molar-refractivity contribution in [2.45, 2.75) is 31.2 Å². The number of aliphatic hydroxyl groups excluding tert-OH is 2. The van der Waals surface area contributed by atoms with Gasteiger partial charge < -0.3 is 25.2 Å². The van der Waals surface area contributed by atoms with E-state index in [0.717, 1.165) is 0 Å². The summed E-state index contributed by atoms with van der Waals surface area (Å²) in [6.07, 6.45) is -0.944. The molecule has 0 amide bonds. The Kier molecular flexibility index (Phi) is 4.80. The second-order valence-electron chi connectivity index (χ2n) is 3.39. The van der Waals surface area contributed by atoms with Gasteiger partial charge in [-0.2, -0.15) is 0 Å². The highest BCUT2D eigenvalue weighted by atomic mass is 16.5. The van der Waals surface area contributed by atoms with Gasteiger partial charge in [-0.05, 0) is 6.42 Å². The van der Waals surface area contributed by atoms with Crippen molar-refractivity contribution in [3.63, 3.8) is 0 Å². The summed E-state index contributed by atoms with van der Waals surface area (Å²) in [5.41, 5.74) is 0. The third-order valence-electron chi connectivity index (χ3n) is 2.26. The Morgan fingerprint density at radius 1 is 1.36 bits per heavy atom. The van der Waals surface area contributed by atoms with Crippen LogP contribution in [0.3, 0.4) is 0 Å². The van der Waals surface area contributed by atoms with E-state index in [-0.39, 0.29) is 19.3 Å². The lowest BCUT2D eigenvalue weighted by atomic mass is 10.0. The maximum absolute atomic E-state index is 9.31. The van der Waals surface area contributed by atoms with Crippen molar-refractivity contribution in [2.75, 3.05) is 13.2 Å². The van der Waals surface area contributed by atoms with Crippen LogP contribution in [0.1, 0.15) is 12.8 Å². The van der Waals surface area contributed by atoms with Crippen molar-refractivity contribution in [1.29, 1.82) is 0 Å². The molecule has 7 heteroatoms. The van der Waals surface area contributed by atoms with Gasteiger partial charge in [0, 0.05) is 13.0 Å². The third kappa shape index (κ3) is 3.53. The van der Waals surface area contributed by atoms with Gasteiger partial charge in [0.1, 0.15) is 6.10 Å². The van der Waals surface area contributed by atoms with Crippen LogP contribution < -0.4 is 0 Å². The van der Waals surface area contributed by atoms with Crippen molar-refractivity contribution in [2.24, 2.45) is 0 Å². The summed E-state index contributed by atoms with van der Waals surface area (Å²) >= 11 is 0.